The van der Waals surface area contributed by atoms with E-state index in [1.165, 1.54) is 0 Å². The molecule has 0 aliphatic heterocycles. The van der Waals surface area contributed by atoms with Crippen LogP contribution in [0.15, 0.2) is 89.5 Å². The number of benzene rings is 3. The lowest BCUT2D eigenvalue weighted by Gasteiger charge is -2.26. The van der Waals surface area contributed by atoms with Crippen LogP contribution in [0, 0.1) is 6.92 Å². The molecule has 5 nitrogen and oxygen atoms in total. The van der Waals surface area contributed by atoms with E-state index >= 15 is 0 Å². The summed E-state index contributed by atoms with van der Waals surface area (Å²) in [5, 5.41) is 4.46. The molecule has 0 spiro atoms. The van der Waals surface area contributed by atoms with Gasteiger partial charge in [-0.15, -0.1) is 0 Å². The zero-order valence-electron chi connectivity index (χ0n) is 20.1. The zero-order valence-corrected chi connectivity index (χ0v) is 20.1. The molecule has 0 aliphatic carbocycles. The molecule has 0 N–H and O–H groups in total. The highest BCUT2D eigenvalue weighted by Crippen LogP contribution is 2.33. The largest absolute Gasteiger partial charge is 0.341 e. The van der Waals surface area contributed by atoms with Crippen LogP contribution < -0.4 is 4.90 Å². The second kappa shape index (κ2) is 10.8. The van der Waals surface area contributed by atoms with Gasteiger partial charge < -0.3 is 14.3 Å². The molecule has 3 aromatic carbocycles. The van der Waals surface area contributed by atoms with E-state index in [-0.39, 0.29) is 5.91 Å². The molecule has 0 aliphatic rings. The van der Waals surface area contributed by atoms with Crippen LogP contribution >= 0.6 is 0 Å². The summed E-state index contributed by atoms with van der Waals surface area (Å²) < 4.78 is 5.89. The SMILES string of the molecule is CCN(CC)c1onc(-c2ccccc2)c1CN(Cc1ccccc1)C(=O)c1ccccc1C. The van der Waals surface area contributed by atoms with Gasteiger partial charge in [-0.3, -0.25) is 4.79 Å². The molecule has 1 amide bonds. The van der Waals surface area contributed by atoms with E-state index in [0.717, 1.165) is 46.9 Å². The van der Waals surface area contributed by atoms with E-state index in [9.17, 15) is 4.79 Å². The fourth-order valence-corrected chi connectivity index (χ4v) is 4.20. The highest BCUT2D eigenvalue weighted by Gasteiger charge is 2.26. The molecule has 5 heteroatoms. The van der Waals surface area contributed by atoms with Crippen LogP contribution in [-0.4, -0.2) is 29.1 Å². The summed E-state index contributed by atoms with van der Waals surface area (Å²) >= 11 is 0. The fraction of sp³-hybridized carbons (Fsp3) is 0.241. The van der Waals surface area contributed by atoms with Crippen molar-refractivity contribution in [2.24, 2.45) is 0 Å². The fourth-order valence-electron chi connectivity index (χ4n) is 4.20. The van der Waals surface area contributed by atoms with Crippen molar-refractivity contribution < 1.29 is 9.32 Å². The summed E-state index contributed by atoms with van der Waals surface area (Å²) in [5.74, 6) is 0.715. The first kappa shape index (κ1) is 23.3. The van der Waals surface area contributed by atoms with Gasteiger partial charge in [-0.2, -0.15) is 0 Å². The monoisotopic (exact) mass is 453 g/mol. The number of aromatic nitrogens is 1. The Morgan fingerprint density at radius 2 is 1.44 bits per heavy atom. The summed E-state index contributed by atoms with van der Waals surface area (Å²) in [6, 6.07) is 27.9. The standard InChI is InChI=1S/C29H31N3O2/c1-4-31(5-2)29-26(27(30-34-29)24-17-10-7-11-18-24)21-32(20-23-15-8-6-9-16-23)28(33)25-19-13-12-14-22(25)3/h6-19H,4-5,20-21H2,1-3H3. The molecule has 0 unspecified atom stereocenters. The summed E-state index contributed by atoms with van der Waals surface area (Å²) in [4.78, 5) is 17.9. The van der Waals surface area contributed by atoms with Gasteiger partial charge >= 0.3 is 0 Å². The maximum atomic E-state index is 13.8. The molecule has 174 valence electrons. The van der Waals surface area contributed by atoms with Gasteiger partial charge in [-0.25, -0.2) is 0 Å². The number of nitrogens with zero attached hydrogens (tertiary/aromatic N) is 3. The lowest BCUT2D eigenvalue weighted by Crippen LogP contribution is -2.32. The first-order valence-corrected chi connectivity index (χ1v) is 11.8. The number of carbonyl (C=O) groups excluding carboxylic acids is 1. The van der Waals surface area contributed by atoms with Gasteiger partial charge in [-0.1, -0.05) is 84.0 Å². The molecule has 0 saturated heterocycles. The Bertz CT molecular complexity index is 1210. The van der Waals surface area contributed by atoms with Gasteiger partial charge in [0.1, 0.15) is 5.69 Å². The Morgan fingerprint density at radius 1 is 0.824 bits per heavy atom. The number of hydrogen-bond donors (Lipinski definition) is 0. The number of anilines is 1. The van der Waals surface area contributed by atoms with Crippen LogP contribution in [0.25, 0.3) is 11.3 Å². The van der Waals surface area contributed by atoms with Crippen molar-refractivity contribution in [3.8, 4) is 11.3 Å². The highest BCUT2D eigenvalue weighted by molar-refractivity contribution is 5.95. The first-order valence-electron chi connectivity index (χ1n) is 11.8. The molecular weight excluding hydrogens is 422 g/mol. The Hall–Kier alpha value is -3.86. The molecule has 0 atom stereocenters. The predicted molar refractivity (Wildman–Crippen MR) is 137 cm³/mol. The Labute approximate surface area is 201 Å². The minimum absolute atomic E-state index is 0.00679. The normalized spacial score (nSPS) is 10.8. The molecule has 1 aromatic heterocycles. The van der Waals surface area contributed by atoms with E-state index in [4.69, 9.17) is 4.52 Å². The van der Waals surface area contributed by atoms with E-state index < -0.39 is 0 Å². The van der Waals surface area contributed by atoms with E-state index in [0.29, 0.717) is 18.7 Å². The van der Waals surface area contributed by atoms with Gasteiger partial charge in [0.2, 0.25) is 5.88 Å². The first-order chi connectivity index (χ1) is 16.6. The van der Waals surface area contributed by atoms with Crippen molar-refractivity contribution in [1.82, 2.24) is 10.1 Å². The smallest absolute Gasteiger partial charge is 0.254 e. The molecular formula is C29H31N3O2. The van der Waals surface area contributed by atoms with Crippen molar-refractivity contribution in [2.45, 2.75) is 33.9 Å². The number of rotatable bonds is 9. The number of aryl methyl sites for hydroxylation is 1. The number of hydrogen-bond acceptors (Lipinski definition) is 4. The van der Waals surface area contributed by atoms with Crippen LogP contribution in [0.2, 0.25) is 0 Å². The number of amides is 1. The van der Waals surface area contributed by atoms with Crippen LogP contribution in [0.1, 0.15) is 40.9 Å². The van der Waals surface area contributed by atoms with Crippen LogP contribution in [-0.2, 0) is 13.1 Å². The van der Waals surface area contributed by atoms with Gasteiger partial charge in [0, 0.05) is 30.8 Å². The molecule has 1 heterocycles. The second-order valence-electron chi connectivity index (χ2n) is 8.31. The van der Waals surface area contributed by atoms with E-state index in [1.807, 2.05) is 84.6 Å². The second-order valence-corrected chi connectivity index (χ2v) is 8.31. The third-order valence-corrected chi connectivity index (χ3v) is 6.09. The number of carbonyl (C=O) groups is 1. The molecule has 0 bridgehead atoms. The minimum Gasteiger partial charge on any atom is -0.341 e. The van der Waals surface area contributed by atoms with Crippen molar-refractivity contribution in [3.05, 3.63) is 107 Å². The zero-order chi connectivity index (χ0) is 23.9. The van der Waals surface area contributed by atoms with Crippen molar-refractivity contribution in [1.29, 1.82) is 0 Å². The topological polar surface area (TPSA) is 49.6 Å². The molecule has 34 heavy (non-hydrogen) atoms. The molecule has 0 fully saturated rings. The average molecular weight is 454 g/mol. The maximum Gasteiger partial charge on any atom is 0.254 e. The van der Waals surface area contributed by atoms with Crippen molar-refractivity contribution >= 4 is 11.8 Å². The molecule has 0 saturated carbocycles. The average Bonchev–Trinajstić information content (AvgIpc) is 3.29. The molecule has 0 radical (unpaired) electrons. The van der Waals surface area contributed by atoms with E-state index in [2.05, 4.69) is 36.0 Å². The van der Waals surface area contributed by atoms with Crippen LogP contribution in [0.3, 0.4) is 0 Å². The highest BCUT2D eigenvalue weighted by atomic mass is 16.5. The third kappa shape index (κ3) is 5.04. The van der Waals surface area contributed by atoms with Crippen LogP contribution in [0.4, 0.5) is 5.88 Å². The maximum absolute atomic E-state index is 13.8. The Balaban J connectivity index is 1.79. The molecule has 4 aromatic rings. The summed E-state index contributed by atoms with van der Waals surface area (Å²) in [6.07, 6.45) is 0. The quantitative estimate of drug-likeness (QED) is 0.297. The minimum atomic E-state index is -0.00679. The summed E-state index contributed by atoms with van der Waals surface area (Å²) in [7, 11) is 0. The van der Waals surface area contributed by atoms with E-state index in [1.54, 1.807) is 0 Å². The predicted octanol–water partition coefficient (Wildman–Crippen LogP) is 6.34. The van der Waals surface area contributed by atoms with Crippen molar-refractivity contribution in [3.63, 3.8) is 0 Å². The van der Waals surface area contributed by atoms with Crippen LogP contribution in [0.5, 0.6) is 0 Å². The van der Waals surface area contributed by atoms with Crippen molar-refractivity contribution in [2.75, 3.05) is 18.0 Å². The van der Waals surface area contributed by atoms with Gasteiger partial charge in [0.05, 0.1) is 12.1 Å². The summed E-state index contributed by atoms with van der Waals surface area (Å²) in [5.41, 5.74) is 5.42. The van der Waals surface area contributed by atoms with Gasteiger partial charge in [0.15, 0.2) is 0 Å². The summed E-state index contributed by atoms with van der Waals surface area (Å²) in [6.45, 7) is 8.63. The third-order valence-electron chi connectivity index (χ3n) is 6.09. The lowest BCUT2D eigenvalue weighted by molar-refractivity contribution is 0.0729. The Morgan fingerprint density at radius 3 is 2.09 bits per heavy atom. The van der Waals surface area contributed by atoms with Gasteiger partial charge in [0.25, 0.3) is 5.91 Å². The molecule has 4 rings (SSSR count). The lowest BCUT2D eigenvalue weighted by atomic mass is 10.0. The van der Waals surface area contributed by atoms with Gasteiger partial charge in [-0.05, 0) is 38.0 Å². The Kier molecular flexibility index (Phi) is 7.43.